The summed E-state index contributed by atoms with van der Waals surface area (Å²) >= 11 is 26.3. The molecule has 0 saturated carbocycles. The Kier molecular flexibility index (Phi) is 7.49. The number of benzene rings is 2. The van der Waals surface area contributed by atoms with Gasteiger partial charge in [-0.25, -0.2) is 4.39 Å². The van der Waals surface area contributed by atoms with E-state index in [1.54, 1.807) is 24.3 Å². The van der Waals surface area contributed by atoms with Crippen molar-refractivity contribution in [3.05, 3.63) is 64.4 Å². The fourth-order valence-electron chi connectivity index (χ4n) is 1.89. The van der Waals surface area contributed by atoms with Crippen molar-refractivity contribution in [2.75, 3.05) is 5.32 Å². The van der Waals surface area contributed by atoms with E-state index in [9.17, 15) is 9.18 Å². The predicted octanol–water partition coefficient (Wildman–Crippen LogP) is 5.00. The molecule has 0 aliphatic carbocycles. The molecule has 4 nitrogen and oxygen atoms in total. The maximum atomic E-state index is 12.9. The van der Waals surface area contributed by atoms with Crippen molar-refractivity contribution in [3.8, 4) is 0 Å². The zero-order chi connectivity index (χ0) is 19.3. The molecule has 2 aromatic rings. The van der Waals surface area contributed by atoms with Crippen LogP contribution in [0.4, 0.5) is 10.1 Å². The molecule has 0 fully saturated rings. The summed E-state index contributed by atoms with van der Waals surface area (Å²) in [5.74, 6) is -0.847. The monoisotopic (exact) mass is 497 g/mol. The number of anilines is 1. The number of nitrogens with one attached hydrogen (secondary N) is 3. The Bertz CT molecular complexity index is 802. The van der Waals surface area contributed by atoms with Gasteiger partial charge in [-0.1, -0.05) is 46.9 Å². The molecule has 0 unspecified atom stereocenters. The maximum absolute atomic E-state index is 12.9. The van der Waals surface area contributed by atoms with Gasteiger partial charge in [0.15, 0.2) is 5.11 Å². The molecule has 138 valence electrons. The van der Waals surface area contributed by atoms with Crippen molar-refractivity contribution in [3.63, 3.8) is 0 Å². The molecule has 0 saturated heterocycles. The van der Waals surface area contributed by atoms with Crippen LogP contribution in [0.5, 0.6) is 0 Å². The lowest BCUT2D eigenvalue weighted by molar-refractivity contribution is 0.0934. The van der Waals surface area contributed by atoms with E-state index in [0.717, 1.165) is 0 Å². The standard InChI is InChI=1S/C16H12BrCl3FN3OS/c17-12-4-2-1-3-11(12)13(25)23-14(16(18,19)20)24-15(26)22-10-7-5-9(21)6-8-10/h1-8,14H,(H,23,25)(H2,22,24,26)/t14-/m1/s1. The minimum absolute atomic E-state index is 0.0837. The average molecular weight is 500 g/mol. The third-order valence-corrected chi connectivity index (χ3v) is 4.66. The molecule has 0 bridgehead atoms. The predicted molar refractivity (Wildman–Crippen MR) is 111 cm³/mol. The number of hydrogen-bond acceptors (Lipinski definition) is 2. The average Bonchev–Trinajstić information content (AvgIpc) is 2.56. The lowest BCUT2D eigenvalue weighted by atomic mass is 10.2. The summed E-state index contributed by atoms with van der Waals surface area (Å²) in [6, 6.07) is 12.3. The first-order chi connectivity index (χ1) is 12.2. The second kappa shape index (κ2) is 9.19. The molecular formula is C16H12BrCl3FN3OS. The van der Waals surface area contributed by atoms with E-state index < -0.39 is 15.9 Å². The molecule has 26 heavy (non-hydrogen) atoms. The molecule has 0 heterocycles. The third kappa shape index (κ3) is 6.25. The van der Waals surface area contributed by atoms with Crippen molar-refractivity contribution in [2.24, 2.45) is 0 Å². The van der Waals surface area contributed by atoms with Crippen LogP contribution < -0.4 is 16.0 Å². The maximum Gasteiger partial charge on any atom is 0.254 e. The van der Waals surface area contributed by atoms with E-state index in [2.05, 4.69) is 31.9 Å². The molecule has 0 aliphatic heterocycles. The second-order valence-electron chi connectivity index (χ2n) is 5.03. The minimum atomic E-state index is -1.88. The van der Waals surface area contributed by atoms with Crippen molar-refractivity contribution in [1.82, 2.24) is 10.6 Å². The normalized spacial score (nSPS) is 12.2. The first kappa shape index (κ1) is 21.2. The molecule has 0 aromatic heterocycles. The first-order valence-electron chi connectivity index (χ1n) is 7.12. The number of carbonyl (C=O) groups is 1. The van der Waals surface area contributed by atoms with Gasteiger partial charge in [0.05, 0.1) is 5.56 Å². The zero-order valence-corrected chi connectivity index (χ0v) is 17.6. The molecule has 1 atom stereocenters. The Labute approximate surface area is 178 Å². The van der Waals surface area contributed by atoms with Gasteiger partial charge < -0.3 is 16.0 Å². The summed E-state index contributed by atoms with van der Waals surface area (Å²) in [6.45, 7) is 0. The summed E-state index contributed by atoms with van der Waals surface area (Å²) in [5.41, 5.74) is 0.898. The van der Waals surface area contributed by atoms with E-state index in [1.807, 2.05) is 0 Å². The van der Waals surface area contributed by atoms with Gasteiger partial charge in [0.2, 0.25) is 3.79 Å². The van der Waals surface area contributed by atoms with Gasteiger partial charge in [-0.15, -0.1) is 0 Å². The Morgan fingerprint density at radius 1 is 1.08 bits per heavy atom. The largest absolute Gasteiger partial charge is 0.339 e. The number of carbonyl (C=O) groups excluding carboxylic acids is 1. The summed E-state index contributed by atoms with van der Waals surface area (Å²) < 4.78 is 11.7. The third-order valence-electron chi connectivity index (χ3n) is 3.10. The van der Waals surface area contributed by atoms with E-state index in [0.29, 0.717) is 15.7 Å². The number of thiocarbonyl (C=S) groups is 1. The molecule has 0 radical (unpaired) electrons. The second-order valence-corrected chi connectivity index (χ2v) is 8.66. The van der Waals surface area contributed by atoms with Crippen molar-refractivity contribution in [1.29, 1.82) is 0 Å². The summed E-state index contributed by atoms with van der Waals surface area (Å²) in [6.07, 6.45) is -1.12. The van der Waals surface area contributed by atoms with Crippen LogP contribution >= 0.6 is 63.0 Å². The van der Waals surface area contributed by atoms with Crippen LogP contribution in [0.1, 0.15) is 10.4 Å². The number of alkyl halides is 3. The van der Waals surface area contributed by atoms with Crippen LogP contribution in [0, 0.1) is 5.82 Å². The van der Waals surface area contributed by atoms with Crippen LogP contribution in [-0.2, 0) is 0 Å². The van der Waals surface area contributed by atoms with Gasteiger partial charge in [0, 0.05) is 10.2 Å². The lowest BCUT2D eigenvalue weighted by Gasteiger charge is -2.28. The van der Waals surface area contributed by atoms with Crippen LogP contribution in [0.25, 0.3) is 0 Å². The van der Waals surface area contributed by atoms with Crippen LogP contribution in [0.2, 0.25) is 0 Å². The smallest absolute Gasteiger partial charge is 0.254 e. The molecule has 2 aromatic carbocycles. The van der Waals surface area contributed by atoms with Crippen molar-refractivity contribution < 1.29 is 9.18 Å². The number of hydrogen-bond donors (Lipinski definition) is 3. The van der Waals surface area contributed by atoms with Gasteiger partial charge in [-0.3, -0.25) is 4.79 Å². The molecular weight excluding hydrogens is 488 g/mol. The molecule has 2 rings (SSSR count). The molecule has 0 aliphatic rings. The SMILES string of the molecule is O=C(N[C@H](NC(=S)Nc1ccc(F)cc1)C(Cl)(Cl)Cl)c1ccccc1Br. The highest BCUT2D eigenvalue weighted by molar-refractivity contribution is 9.10. The van der Waals surface area contributed by atoms with E-state index in [-0.39, 0.29) is 10.9 Å². The Morgan fingerprint density at radius 3 is 2.27 bits per heavy atom. The Balaban J connectivity index is 2.07. The first-order valence-corrected chi connectivity index (χ1v) is 9.45. The molecule has 1 amide bonds. The highest BCUT2D eigenvalue weighted by atomic mass is 79.9. The molecule has 10 heteroatoms. The fourth-order valence-corrected chi connectivity index (χ4v) is 2.91. The number of rotatable bonds is 4. The fraction of sp³-hybridized carbons (Fsp3) is 0.125. The summed E-state index contributed by atoms with van der Waals surface area (Å²) in [4.78, 5) is 12.4. The molecule has 0 spiro atoms. The number of amides is 1. The van der Waals surface area contributed by atoms with Crippen LogP contribution in [0.15, 0.2) is 53.0 Å². The number of halogens is 5. The Hall–Kier alpha value is -1.12. The van der Waals surface area contributed by atoms with E-state index >= 15 is 0 Å². The lowest BCUT2D eigenvalue weighted by Crippen LogP contribution is -2.56. The zero-order valence-electron chi connectivity index (χ0n) is 12.9. The van der Waals surface area contributed by atoms with Crippen LogP contribution in [-0.4, -0.2) is 21.0 Å². The van der Waals surface area contributed by atoms with Gasteiger partial charge >= 0.3 is 0 Å². The highest BCUT2D eigenvalue weighted by Crippen LogP contribution is 2.29. The van der Waals surface area contributed by atoms with Crippen LogP contribution in [0.3, 0.4) is 0 Å². The summed E-state index contributed by atoms with van der Waals surface area (Å²) in [5, 5.41) is 8.20. The van der Waals surface area contributed by atoms with Crippen molar-refractivity contribution in [2.45, 2.75) is 9.96 Å². The highest BCUT2D eigenvalue weighted by Gasteiger charge is 2.35. The summed E-state index contributed by atoms with van der Waals surface area (Å²) in [7, 11) is 0. The van der Waals surface area contributed by atoms with Gasteiger partial charge in [0.25, 0.3) is 5.91 Å². The minimum Gasteiger partial charge on any atom is -0.339 e. The van der Waals surface area contributed by atoms with Gasteiger partial charge in [-0.05, 0) is 64.5 Å². The van der Waals surface area contributed by atoms with E-state index in [1.165, 1.54) is 24.3 Å². The Morgan fingerprint density at radius 2 is 1.69 bits per heavy atom. The topological polar surface area (TPSA) is 53.2 Å². The quantitative estimate of drug-likeness (QED) is 0.315. The van der Waals surface area contributed by atoms with E-state index in [4.69, 9.17) is 47.0 Å². The molecule has 3 N–H and O–H groups in total. The van der Waals surface area contributed by atoms with Gasteiger partial charge in [0.1, 0.15) is 12.0 Å². The van der Waals surface area contributed by atoms with Gasteiger partial charge in [-0.2, -0.15) is 0 Å². The van der Waals surface area contributed by atoms with Crippen molar-refractivity contribution >= 4 is 79.7 Å².